The van der Waals surface area contributed by atoms with E-state index in [1.807, 2.05) is 18.2 Å². The van der Waals surface area contributed by atoms with Crippen molar-refractivity contribution >= 4 is 38.6 Å². The van der Waals surface area contributed by atoms with Crippen LogP contribution in [0.15, 0.2) is 84.9 Å². The first-order valence-corrected chi connectivity index (χ1v) is 9.27. The quantitative estimate of drug-likeness (QED) is 0.266. The molecule has 2 heteroatoms. The molecule has 0 saturated carbocycles. The van der Waals surface area contributed by atoms with Gasteiger partial charge in [-0.3, -0.25) is 4.79 Å². The van der Waals surface area contributed by atoms with Gasteiger partial charge in [0.15, 0.2) is 6.29 Å². The van der Waals surface area contributed by atoms with E-state index in [1.54, 1.807) is 13.2 Å². The molecule has 0 spiro atoms. The second-order valence-electron chi connectivity index (χ2n) is 6.92. The van der Waals surface area contributed by atoms with Crippen molar-refractivity contribution in [3.8, 4) is 16.9 Å². The highest BCUT2D eigenvalue weighted by Crippen LogP contribution is 2.39. The predicted molar refractivity (Wildman–Crippen MR) is 116 cm³/mol. The number of hydrogen-bond acceptors (Lipinski definition) is 2. The van der Waals surface area contributed by atoms with Crippen LogP contribution in [0.3, 0.4) is 0 Å². The smallest absolute Gasteiger partial charge is 0.150 e. The Morgan fingerprint density at radius 1 is 0.643 bits per heavy atom. The van der Waals surface area contributed by atoms with Gasteiger partial charge in [0.2, 0.25) is 0 Å². The van der Waals surface area contributed by atoms with Gasteiger partial charge in [-0.15, -0.1) is 0 Å². The van der Waals surface area contributed by atoms with E-state index in [0.717, 1.165) is 22.8 Å². The van der Waals surface area contributed by atoms with Gasteiger partial charge in [0.05, 0.1) is 7.11 Å². The van der Waals surface area contributed by atoms with E-state index in [9.17, 15) is 4.79 Å². The maximum absolute atomic E-state index is 11.8. The van der Waals surface area contributed by atoms with Crippen LogP contribution in [0.1, 0.15) is 10.4 Å². The van der Waals surface area contributed by atoms with Crippen LogP contribution >= 0.6 is 0 Å². The number of ether oxygens (including phenoxy) is 1. The highest BCUT2D eigenvalue weighted by atomic mass is 16.5. The van der Waals surface area contributed by atoms with Gasteiger partial charge in [-0.2, -0.15) is 0 Å². The van der Waals surface area contributed by atoms with Gasteiger partial charge in [-0.25, -0.2) is 0 Å². The van der Waals surface area contributed by atoms with Crippen LogP contribution in [-0.2, 0) is 0 Å². The summed E-state index contributed by atoms with van der Waals surface area (Å²) in [6.07, 6.45) is 0.903. The van der Waals surface area contributed by atoms with E-state index < -0.39 is 0 Å². The van der Waals surface area contributed by atoms with Crippen LogP contribution in [-0.4, -0.2) is 13.4 Å². The fourth-order valence-electron chi connectivity index (χ4n) is 4.09. The zero-order valence-corrected chi connectivity index (χ0v) is 15.5. The summed E-state index contributed by atoms with van der Waals surface area (Å²) in [7, 11) is 1.61. The topological polar surface area (TPSA) is 26.3 Å². The molecule has 0 aliphatic heterocycles. The molecule has 0 unspecified atom stereocenters. The molecule has 0 saturated heterocycles. The van der Waals surface area contributed by atoms with Crippen LogP contribution in [0.4, 0.5) is 0 Å². The average Bonchev–Trinajstić information content (AvgIpc) is 2.77. The molecule has 0 fully saturated rings. The minimum absolute atomic E-state index is 0.629. The van der Waals surface area contributed by atoms with Crippen LogP contribution in [0, 0.1) is 0 Å². The van der Waals surface area contributed by atoms with Gasteiger partial charge in [-0.05, 0) is 67.7 Å². The van der Waals surface area contributed by atoms with Crippen molar-refractivity contribution in [3.05, 3.63) is 90.5 Å². The lowest BCUT2D eigenvalue weighted by atomic mass is 9.89. The molecule has 134 valence electrons. The first kappa shape index (κ1) is 16.5. The van der Waals surface area contributed by atoms with Gasteiger partial charge >= 0.3 is 0 Å². The molecule has 5 rings (SSSR count). The van der Waals surface area contributed by atoms with Gasteiger partial charge in [0, 0.05) is 5.56 Å². The van der Waals surface area contributed by atoms with E-state index >= 15 is 0 Å². The lowest BCUT2D eigenvalue weighted by molar-refractivity contribution is 0.112. The SMILES string of the molecule is COc1ccc(-c2cc3c4ccccc4ccc3c3ccccc23)c(C=O)c1. The minimum atomic E-state index is 0.629. The Morgan fingerprint density at radius 2 is 1.36 bits per heavy atom. The van der Waals surface area contributed by atoms with Crippen molar-refractivity contribution in [2.45, 2.75) is 0 Å². The zero-order chi connectivity index (χ0) is 19.1. The van der Waals surface area contributed by atoms with Crippen molar-refractivity contribution in [3.63, 3.8) is 0 Å². The van der Waals surface area contributed by atoms with Gasteiger partial charge in [-0.1, -0.05) is 60.7 Å². The van der Waals surface area contributed by atoms with Crippen molar-refractivity contribution in [2.24, 2.45) is 0 Å². The Kier molecular flexibility index (Phi) is 3.84. The summed E-state index contributed by atoms with van der Waals surface area (Å²) < 4.78 is 5.30. The van der Waals surface area contributed by atoms with Crippen LogP contribution < -0.4 is 4.74 Å². The first-order chi connectivity index (χ1) is 13.8. The van der Waals surface area contributed by atoms with Crippen LogP contribution in [0.5, 0.6) is 5.75 Å². The van der Waals surface area contributed by atoms with Crippen molar-refractivity contribution in [2.75, 3.05) is 7.11 Å². The molecule has 5 aromatic rings. The van der Waals surface area contributed by atoms with Crippen molar-refractivity contribution < 1.29 is 9.53 Å². The lowest BCUT2D eigenvalue weighted by Gasteiger charge is -2.14. The number of rotatable bonds is 3. The molecule has 0 N–H and O–H groups in total. The Morgan fingerprint density at radius 3 is 2.14 bits per heavy atom. The molecule has 0 aliphatic carbocycles. The molecule has 0 radical (unpaired) electrons. The average molecular weight is 362 g/mol. The van der Waals surface area contributed by atoms with E-state index in [-0.39, 0.29) is 0 Å². The summed E-state index contributed by atoms with van der Waals surface area (Å²) in [6.45, 7) is 0. The Bertz CT molecular complexity index is 1370. The molecule has 0 amide bonds. The third-order valence-corrected chi connectivity index (χ3v) is 5.44. The number of fused-ring (bicyclic) bond motifs is 5. The third-order valence-electron chi connectivity index (χ3n) is 5.44. The first-order valence-electron chi connectivity index (χ1n) is 9.27. The third kappa shape index (κ3) is 2.46. The minimum Gasteiger partial charge on any atom is -0.497 e. The molecule has 0 aromatic heterocycles. The summed E-state index contributed by atoms with van der Waals surface area (Å²) in [5.74, 6) is 0.682. The van der Waals surface area contributed by atoms with Gasteiger partial charge in [0.25, 0.3) is 0 Å². The number of methoxy groups -OCH3 is 1. The molecule has 28 heavy (non-hydrogen) atoms. The lowest BCUT2D eigenvalue weighted by Crippen LogP contribution is -1.92. The summed E-state index contributed by atoms with van der Waals surface area (Å²) in [5, 5.41) is 7.17. The number of aldehydes is 1. The van der Waals surface area contributed by atoms with Crippen molar-refractivity contribution in [1.29, 1.82) is 0 Å². The molecule has 0 aliphatic rings. The number of hydrogen-bond donors (Lipinski definition) is 0. The Hall–Kier alpha value is -3.65. The predicted octanol–water partition coefficient (Wildman–Crippen LogP) is 6.63. The maximum atomic E-state index is 11.8. The van der Waals surface area contributed by atoms with E-state index in [1.165, 1.54) is 26.9 Å². The summed E-state index contributed by atoms with van der Waals surface area (Å²) >= 11 is 0. The maximum Gasteiger partial charge on any atom is 0.150 e. The van der Waals surface area contributed by atoms with Crippen LogP contribution in [0.2, 0.25) is 0 Å². The molecule has 0 atom stereocenters. The number of carbonyl (C=O) groups is 1. The number of benzene rings is 5. The Labute approximate surface area is 163 Å². The molecule has 5 aromatic carbocycles. The largest absolute Gasteiger partial charge is 0.497 e. The van der Waals surface area contributed by atoms with E-state index in [4.69, 9.17) is 4.74 Å². The zero-order valence-electron chi connectivity index (χ0n) is 15.5. The number of carbonyl (C=O) groups excluding carboxylic acids is 1. The van der Waals surface area contributed by atoms with E-state index in [0.29, 0.717) is 11.3 Å². The second-order valence-corrected chi connectivity index (χ2v) is 6.92. The van der Waals surface area contributed by atoms with Gasteiger partial charge in [0.1, 0.15) is 5.75 Å². The summed E-state index contributed by atoms with van der Waals surface area (Å²) in [6, 6.07) is 29.1. The van der Waals surface area contributed by atoms with Gasteiger partial charge < -0.3 is 4.74 Å². The van der Waals surface area contributed by atoms with Crippen LogP contribution in [0.25, 0.3) is 43.4 Å². The molecular formula is C26H18O2. The van der Waals surface area contributed by atoms with Crippen molar-refractivity contribution in [1.82, 2.24) is 0 Å². The highest BCUT2D eigenvalue weighted by Gasteiger charge is 2.13. The normalized spacial score (nSPS) is 11.2. The second kappa shape index (κ2) is 6.50. The highest BCUT2D eigenvalue weighted by molar-refractivity contribution is 6.21. The monoisotopic (exact) mass is 362 g/mol. The molecule has 0 bridgehead atoms. The molecule has 0 heterocycles. The molecular weight excluding hydrogens is 344 g/mol. The standard InChI is InChI=1S/C26H18O2/c1-28-19-11-13-21(18(14-19)16-27)26-15-25-20-7-3-2-6-17(20)10-12-24(25)22-8-4-5-9-23(22)26/h2-16H,1H3. The molecule has 2 nitrogen and oxygen atoms in total. The van der Waals surface area contributed by atoms with E-state index in [2.05, 4.69) is 60.7 Å². The Balaban J connectivity index is 1.95. The fourth-order valence-corrected chi connectivity index (χ4v) is 4.09. The summed E-state index contributed by atoms with van der Waals surface area (Å²) in [4.78, 5) is 11.8. The summed E-state index contributed by atoms with van der Waals surface area (Å²) in [5.41, 5.74) is 2.61. The fraction of sp³-hybridized carbons (Fsp3) is 0.0385.